The van der Waals surface area contributed by atoms with Crippen molar-refractivity contribution < 1.29 is 9.18 Å². The van der Waals surface area contributed by atoms with Crippen LogP contribution in [0.5, 0.6) is 0 Å². The Balaban J connectivity index is 2.91. The molecular formula is C10H4FNOS. The van der Waals surface area contributed by atoms with E-state index in [0.29, 0.717) is 21.9 Å². The van der Waals surface area contributed by atoms with Gasteiger partial charge in [0.2, 0.25) is 0 Å². The van der Waals surface area contributed by atoms with Gasteiger partial charge in [0.05, 0.1) is 10.3 Å². The standard InChI is InChI=1S/C10H4FNOS/c11-8-1-6(3-12)10-9(2-8)7(4-13)5-14-10/h1-2,4-5H. The van der Waals surface area contributed by atoms with E-state index in [1.165, 1.54) is 23.5 Å². The quantitative estimate of drug-likeness (QED) is 0.671. The number of benzene rings is 1. The van der Waals surface area contributed by atoms with Gasteiger partial charge in [-0.05, 0) is 12.1 Å². The van der Waals surface area contributed by atoms with E-state index in [0.717, 1.165) is 0 Å². The molecule has 0 spiro atoms. The normalized spacial score (nSPS) is 10.0. The first-order chi connectivity index (χ1) is 6.76. The second-order valence-electron chi connectivity index (χ2n) is 2.75. The average molecular weight is 205 g/mol. The molecule has 0 bridgehead atoms. The lowest BCUT2D eigenvalue weighted by Gasteiger charge is -1.94. The highest BCUT2D eigenvalue weighted by molar-refractivity contribution is 7.17. The van der Waals surface area contributed by atoms with Crippen LogP contribution in [0.2, 0.25) is 0 Å². The van der Waals surface area contributed by atoms with Crippen LogP contribution in [0.4, 0.5) is 4.39 Å². The molecule has 0 aliphatic rings. The van der Waals surface area contributed by atoms with Crippen molar-refractivity contribution in [3.8, 4) is 6.07 Å². The van der Waals surface area contributed by atoms with Crippen molar-refractivity contribution in [2.75, 3.05) is 0 Å². The highest BCUT2D eigenvalue weighted by Crippen LogP contribution is 2.28. The van der Waals surface area contributed by atoms with Crippen molar-refractivity contribution in [1.82, 2.24) is 0 Å². The summed E-state index contributed by atoms with van der Waals surface area (Å²) in [5.41, 5.74) is 0.708. The van der Waals surface area contributed by atoms with Gasteiger partial charge in [0.15, 0.2) is 6.29 Å². The molecule has 0 N–H and O–H groups in total. The third-order valence-electron chi connectivity index (χ3n) is 1.92. The Morgan fingerprint density at radius 1 is 1.50 bits per heavy atom. The van der Waals surface area contributed by atoms with Crippen LogP contribution in [-0.2, 0) is 0 Å². The number of aldehydes is 1. The Kier molecular flexibility index (Phi) is 2.02. The van der Waals surface area contributed by atoms with E-state index in [4.69, 9.17) is 5.26 Å². The van der Waals surface area contributed by atoms with E-state index in [-0.39, 0.29) is 5.56 Å². The molecule has 2 rings (SSSR count). The number of hydrogen-bond acceptors (Lipinski definition) is 3. The third kappa shape index (κ3) is 1.19. The third-order valence-corrected chi connectivity index (χ3v) is 2.96. The number of rotatable bonds is 1. The maximum Gasteiger partial charge on any atom is 0.151 e. The molecule has 0 fully saturated rings. The van der Waals surface area contributed by atoms with E-state index < -0.39 is 5.82 Å². The summed E-state index contributed by atoms with van der Waals surface area (Å²) in [7, 11) is 0. The fourth-order valence-electron chi connectivity index (χ4n) is 1.30. The number of fused-ring (bicyclic) bond motifs is 1. The lowest BCUT2D eigenvalue weighted by atomic mass is 10.1. The Hall–Kier alpha value is -1.73. The van der Waals surface area contributed by atoms with Gasteiger partial charge in [-0.3, -0.25) is 4.79 Å². The van der Waals surface area contributed by atoms with Crippen LogP contribution in [0.25, 0.3) is 10.1 Å². The van der Waals surface area contributed by atoms with Gasteiger partial charge in [0, 0.05) is 16.3 Å². The molecule has 2 nitrogen and oxygen atoms in total. The molecule has 0 amide bonds. The van der Waals surface area contributed by atoms with E-state index >= 15 is 0 Å². The first-order valence-electron chi connectivity index (χ1n) is 3.82. The maximum absolute atomic E-state index is 13.0. The molecule has 0 radical (unpaired) electrons. The number of hydrogen-bond donors (Lipinski definition) is 0. The highest BCUT2D eigenvalue weighted by Gasteiger charge is 2.09. The van der Waals surface area contributed by atoms with E-state index in [9.17, 15) is 9.18 Å². The smallest absolute Gasteiger partial charge is 0.151 e. The van der Waals surface area contributed by atoms with Crippen molar-refractivity contribution in [2.24, 2.45) is 0 Å². The van der Waals surface area contributed by atoms with Gasteiger partial charge in [0.1, 0.15) is 11.9 Å². The first-order valence-corrected chi connectivity index (χ1v) is 4.70. The molecule has 0 unspecified atom stereocenters. The van der Waals surface area contributed by atoms with Crippen LogP contribution < -0.4 is 0 Å². The van der Waals surface area contributed by atoms with Crippen molar-refractivity contribution in [3.63, 3.8) is 0 Å². The Labute approximate surface area is 83.2 Å². The summed E-state index contributed by atoms with van der Waals surface area (Å²) in [5, 5.41) is 10.9. The molecular weight excluding hydrogens is 201 g/mol. The lowest BCUT2D eigenvalue weighted by Crippen LogP contribution is -1.81. The number of thiophene rings is 1. The first kappa shape index (κ1) is 8.85. The van der Waals surface area contributed by atoms with Crippen LogP contribution in [-0.4, -0.2) is 6.29 Å². The molecule has 14 heavy (non-hydrogen) atoms. The Morgan fingerprint density at radius 2 is 2.29 bits per heavy atom. The summed E-state index contributed by atoms with van der Waals surface area (Å²) >= 11 is 1.28. The predicted molar refractivity (Wildman–Crippen MR) is 51.9 cm³/mol. The zero-order valence-electron chi connectivity index (χ0n) is 6.95. The van der Waals surface area contributed by atoms with Crippen LogP contribution in [0.15, 0.2) is 17.5 Å². The SMILES string of the molecule is N#Cc1cc(F)cc2c(C=O)csc12. The number of carbonyl (C=O) groups excluding carboxylic acids is 1. The van der Waals surface area contributed by atoms with Crippen LogP contribution in [0.1, 0.15) is 15.9 Å². The maximum atomic E-state index is 13.0. The molecule has 2 aromatic rings. The fourth-order valence-corrected chi connectivity index (χ4v) is 2.26. The van der Waals surface area contributed by atoms with E-state index in [2.05, 4.69) is 0 Å². The number of nitrogens with zero attached hydrogens (tertiary/aromatic N) is 1. The van der Waals surface area contributed by atoms with Gasteiger partial charge in [-0.25, -0.2) is 4.39 Å². The van der Waals surface area contributed by atoms with Crippen molar-refractivity contribution in [2.45, 2.75) is 0 Å². The van der Waals surface area contributed by atoms with Gasteiger partial charge >= 0.3 is 0 Å². The second kappa shape index (κ2) is 3.20. The Morgan fingerprint density at radius 3 is 2.93 bits per heavy atom. The Bertz CT molecular complexity index is 553. The summed E-state index contributed by atoms with van der Waals surface area (Å²) in [6, 6.07) is 4.35. The molecule has 1 heterocycles. The molecule has 1 aromatic carbocycles. The van der Waals surface area contributed by atoms with Crippen molar-refractivity contribution in [3.05, 3.63) is 34.5 Å². The molecule has 0 aliphatic heterocycles. The molecule has 1 aromatic heterocycles. The second-order valence-corrected chi connectivity index (χ2v) is 3.63. The number of halogens is 1. The van der Waals surface area contributed by atoms with Gasteiger partial charge in [-0.15, -0.1) is 11.3 Å². The average Bonchev–Trinajstić information content (AvgIpc) is 2.59. The van der Waals surface area contributed by atoms with Gasteiger partial charge in [-0.2, -0.15) is 5.26 Å². The van der Waals surface area contributed by atoms with Crippen molar-refractivity contribution >= 4 is 27.7 Å². The van der Waals surface area contributed by atoms with Crippen LogP contribution in [0, 0.1) is 17.1 Å². The van der Waals surface area contributed by atoms with Crippen LogP contribution >= 0.6 is 11.3 Å². The fraction of sp³-hybridized carbons (Fsp3) is 0. The van der Waals surface area contributed by atoms with E-state index in [1.54, 1.807) is 5.38 Å². The minimum atomic E-state index is -0.490. The van der Waals surface area contributed by atoms with E-state index in [1.807, 2.05) is 6.07 Å². The molecule has 0 atom stereocenters. The summed E-state index contributed by atoms with van der Waals surface area (Å²) in [5.74, 6) is -0.490. The molecule has 68 valence electrons. The summed E-state index contributed by atoms with van der Waals surface area (Å²) in [4.78, 5) is 10.6. The summed E-state index contributed by atoms with van der Waals surface area (Å²) in [6.07, 6.45) is 0.666. The van der Waals surface area contributed by atoms with Crippen molar-refractivity contribution in [1.29, 1.82) is 5.26 Å². The largest absolute Gasteiger partial charge is 0.298 e. The van der Waals surface area contributed by atoms with Gasteiger partial charge in [-0.1, -0.05) is 0 Å². The monoisotopic (exact) mass is 205 g/mol. The number of carbonyl (C=O) groups is 1. The molecule has 0 saturated carbocycles. The van der Waals surface area contributed by atoms with Gasteiger partial charge < -0.3 is 0 Å². The molecule has 0 aliphatic carbocycles. The zero-order chi connectivity index (χ0) is 10.1. The molecule has 0 saturated heterocycles. The molecule has 4 heteroatoms. The minimum absolute atomic E-state index is 0.276. The number of nitriles is 1. The van der Waals surface area contributed by atoms with Gasteiger partial charge in [0.25, 0.3) is 0 Å². The summed E-state index contributed by atoms with van der Waals surface area (Å²) in [6.45, 7) is 0. The lowest BCUT2D eigenvalue weighted by molar-refractivity contribution is 0.112. The topological polar surface area (TPSA) is 40.9 Å². The predicted octanol–water partition coefficient (Wildman–Crippen LogP) is 2.72. The van der Waals surface area contributed by atoms with Crippen LogP contribution in [0.3, 0.4) is 0 Å². The summed E-state index contributed by atoms with van der Waals surface area (Å²) < 4.78 is 13.7. The zero-order valence-corrected chi connectivity index (χ0v) is 7.77. The highest BCUT2D eigenvalue weighted by atomic mass is 32.1. The minimum Gasteiger partial charge on any atom is -0.298 e.